The summed E-state index contributed by atoms with van der Waals surface area (Å²) in [5, 5.41) is 12.8. The van der Waals surface area contributed by atoms with E-state index >= 15 is 0 Å². The van der Waals surface area contributed by atoms with Gasteiger partial charge in [-0.25, -0.2) is 19.1 Å². The fraction of sp³-hybridized carbons (Fsp3) is 0.200. The van der Waals surface area contributed by atoms with E-state index in [9.17, 15) is 19.5 Å². The van der Waals surface area contributed by atoms with E-state index in [4.69, 9.17) is 16.3 Å². The van der Waals surface area contributed by atoms with Crippen molar-refractivity contribution in [3.05, 3.63) is 98.2 Å². The van der Waals surface area contributed by atoms with Gasteiger partial charge in [0.25, 0.3) is 0 Å². The number of halogens is 1. The first-order valence-corrected chi connectivity index (χ1v) is 11.6. The van der Waals surface area contributed by atoms with Gasteiger partial charge in [-0.2, -0.15) is 9.97 Å². The van der Waals surface area contributed by atoms with Gasteiger partial charge in [-0.1, -0.05) is 30.7 Å². The van der Waals surface area contributed by atoms with E-state index in [0.717, 1.165) is 10.1 Å². The lowest BCUT2D eigenvalue weighted by atomic mass is 10.2. The van der Waals surface area contributed by atoms with Gasteiger partial charge in [-0.15, -0.1) is 0 Å². The number of anilines is 2. The minimum atomic E-state index is -1.13. The Hall–Kier alpha value is -4.51. The third-order valence-electron chi connectivity index (χ3n) is 5.37. The summed E-state index contributed by atoms with van der Waals surface area (Å²) >= 11 is 5.98. The molecule has 0 aliphatic heterocycles. The monoisotopic (exact) mass is 522 g/mol. The maximum Gasteiger partial charge on any atom is 0.354 e. The quantitative estimate of drug-likeness (QED) is 0.338. The molecule has 4 aromatic rings. The highest BCUT2D eigenvalue weighted by atomic mass is 35.5. The normalized spacial score (nSPS) is 11.6. The Morgan fingerprint density at radius 3 is 2.41 bits per heavy atom. The highest BCUT2D eigenvalue weighted by Crippen LogP contribution is 2.23. The molecule has 1 atom stereocenters. The van der Waals surface area contributed by atoms with Crippen molar-refractivity contribution >= 4 is 29.2 Å². The van der Waals surface area contributed by atoms with Crippen LogP contribution in [0, 0.1) is 12.8 Å². The van der Waals surface area contributed by atoms with Crippen molar-refractivity contribution < 1.29 is 14.6 Å². The van der Waals surface area contributed by atoms with E-state index < -0.39 is 23.3 Å². The topological polar surface area (TPSA) is 141 Å². The van der Waals surface area contributed by atoms with Gasteiger partial charge in [0.05, 0.1) is 12.5 Å². The van der Waals surface area contributed by atoms with E-state index in [0.29, 0.717) is 28.2 Å². The molecule has 2 aromatic carbocycles. The van der Waals surface area contributed by atoms with Gasteiger partial charge in [-0.05, 0) is 48.9 Å². The van der Waals surface area contributed by atoms with E-state index in [1.54, 1.807) is 67.7 Å². The molecule has 0 spiro atoms. The average molecular weight is 523 g/mol. The summed E-state index contributed by atoms with van der Waals surface area (Å²) in [5.74, 6) is -0.588. The number of nitrogens with one attached hydrogen (secondary N) is 1. The molecule has 0 aliphatic carbocycles. The van der Waals surface area contributed by atoms with Gasteiger partial charge in [-0.3, -0.25) is 9.36 Å². The number of aliphatic carboxylic acids is 1. The Morgan fingerprint density at radius 1 is 1.05 bits per heavy atom. The van der Waals surface area contributed by atoms with Crippen molar-refractivity contribution in [2.24, 2.45) is 5.92 Å². The Kier molecular flexibility index (Phi) is 7.63. The SMILES string of the molecule is Cc1nccc(Oc2ccc(Nc3nc(=O)n(C[C@H](C)C(=O)O)c(=O)n3Cc3ccc(Cl)cc3)cc2)n1. The molecule has 12 heteroatoms. The molecule has 2 N–H and O–H groups in total. The summed E-state index contributed by atoms with van der Waals surface area (Å²) in [5.41, 5.74) is -0.271. The van der Waals surface area contributed by atoms with Gasteiger partial charge in [0.2, 0.25) is 11.8 Å². The second kappa shape index (κ2) is 11.0. The van der Waals surface area contributed by atoms with Crippen LogP contribution in [0.4, 0.5) is 11.6 Å². The zero-order chi connectivity index (χ0) is 26.5. The second-order valence-electron chi connectivity index (χ2n) is 8.26. The summed E-state index contributed by atoms with van der Waals surface area (Å²) in [4.78, 5) is 49.6. The first-order chi connectivity index (χ1) is 17.7. The molecule has 0 saturated heterocycles. The smallest absolute Gasteiger partial charge is 0.354 e. The lowest BCUT2D eigenvalue weighted by molar-refractivity contribution is -0.141. The number of aryl methyl sites for hydroxylation is 1. The van der Waals surface area contributed by atoms with Gasteiger partial charge in [0.1, 0.15) is 11.6 Å². The number of ether oxygens (including phenoxy) is 1. The molecule has 0 aliphatic rings. The molecular weight excluding hydrogens is 500 g/mol. The van der Waals surface area contributed by atoms with E-state index in [1.165, 1.54) is 11.5 Å². The number of hydrogen-bond acceptors (Lipinski definition) is 8. The van der Waals surface area contributed by atoms with Crippen LogP contribution in [0.3, 0.4) is 0 Å². The standard InChI is InChI=1S/C25H23ClN6O5/c1-15(22(33)34)13-32-24(35)30-23(31(25(32)36)14-17-3-5-18(26)6-4-17)29-19-7-9-20(10-8-19)37-21-11-12-27-16(2)28-21/h3-12,15H,13-14H2,1-2H3,(H,33,34)(H,29,30,35)/t15-/m0/s1. The van der Waals surface area contributed by atoms with Crippen LogP contribution in [-0.4, -0.2) is 35.2 Å². The third kappa shape index (κ3) is 6.39. The fourth-order valence-corrected chi connectivity index (χ4v) is 3.52. The van der Waals surface area contributed by atoms with Gasteiger partial charge in [0, 0.05) is 29.5 Å². The highest BCUT2D eigenvalue weighted by molar-refractivity contribution is 6.30. The molecule has 0 amide bonds. The number of aromatic nitrogens is 5. The molecule has 0 radical (unpaired) electrons. The molecule has 0 unspecified atom stereocenters. The summed E-state index contributed by atoms with van der Waals surface area (Å²) in [6.07, 6.45) is 1.60. The van der Waals surface area contributed by atoms with Crippen LogP contribution in [0.25, 0.3) is 0 Å². The molecule has 11 nitrogen and oxygen atoms in total. The van der Waals surface area contributed by atoms with Crippen molar-refractivity contribution in [2.45, 2.75) is 26.9 Å². The molecule has 190 valence electrons. The van der Waals surface area contributed by atoms with Gasteiger partial charge in [0.15, 0.2) is 0 Å². The molecule has 37 heavy (non-hydrogen) atoms. The number of carboxylic acids is 1. The number of nitrogens with zero attached hydrogens (tertiary/aromatic N) is 5. The van der Waals surface area contributed by atoms with Crippen LogP contribution < -0.4 is 21.4 Å². The minimum absolute atomic E-state index is 0.00396. The number of benzene rings is 2. The first-order valence-electron chi connectivity index (χ1n) is 11.2. The predicted octanol–water partition coefficient (Wildman–Crippen LogP) is 3.46. The maximum atomic E-state index is 13.3. The molecule has 0 saturated carbocycles. The fourth-order valence-electron chi connectivity index (χ4n) is 3.40. The van der Waals surface area contributed by atoms with E-state index in [2.05, 4.69) is 20.3 Å². The van der Waals surface area contributed by atoms with Crippen LogP contribution in [0.1, 0.15) is 18.3 Å². The largest absolute Gasteiger partial charge is 0.481 e. The van der Waals surface area contributed by atoms with Crippen molar-refractivity contribution in [3.63, 3.8) is 0 Å². The zero-order valence-corrected chi connectivity index (χ0v) is 20.7. The number of carboxylic acid groups (broad SMARTS) is 1. The molecule has 0 fully saturated rings. The van der Waals surface area contributed by atoms with Crippen molar-refractivity contribution in [3.8, 4) is 11.6 Å². The summed E-state index contributed by atoms with van der Waals surface area (Å²) in [6.45, 7) is 2.93. The van der Waals surface area contributed by atoms with Crippen LogP contribution in [0.15, 0.2) is 70.4 Å². The van der Waals surface area contributed by atoms with Gasteiger partial charge < -0.3 is 15.2 Å². The van der Waals surface area contributed by atoms with Crippen LogP contribution >= 0.6 is 11.6 Å². The van der Waals surface area contributed by atoms with E-state index in [1.807, 2.05) is 0 Å². The Morgan fingerprint density at radius 2 is 1.76 bits per heavy atom. The summed E-state index contributed by atoms with van der Waals surface area (Å²) < 4.78 is 7.82. The molecule has 2 heterocycles. The average Bonchev–Trinajstić information content (AvgIpc) is 2.86. The van der Waals surface area contributed by atoms with Gasteiger partial charge >= 0.3 is 17.3 Å². The molecule has 2 aromatic heterocycles. The van der Waals surface area contributed by atoms with E-state index in [-0.39, 0.29) is 19.0 Å². The number of carbonyl (C=O) groups is 1. The maximum absolute atomic E-state index is 13.3. The Balaban J connectivity index is 1.65. The lowest BCUT2D eigenvalue weighted by Crippen LogP contribution is -2.44. The Labute approximate surface area is 216 Å². The molecule has 0 bridgehead atoms. The highest BCUT2D eigenvalue weighted by Gasteiger charge is 2.19. The first kappa shape index (κ1) is 25.6. The third-order valence-corrected chi connectivity index (χ3v) is 5.62. The van der Waals surface area contributed by atoms with Crippen molar-refractivity contribution in [1.29, 1.82) is 0 Å². The molecule has 4 rings (SSSR count). The Bertz CT molecular complexity index is 1530. The lowest BCUT2D eigenvalue weighted by Gasteiger charge is -2.17. The predicted molar refractivity (Wildman–Crippen MR) is 137 cm³/mol. The van der Waals surface area contributed by atoms with Crippen molar-refractivity contribution in [1.82, 2.24) is 24.1 Å². The summed E-state index contributed by atoms with van der Waals surface area (Å²) in [7, 11) is 0. The molecular formula is C25H23ClN6O5. The second-order valence-corrected chi connectivity index (χ2v) is 8.69. The minimum Gasteiger partial charge on any atom is -0.481 e. The van der Waals surface area contributed by atoms with Crippen molar-refractivity contribution in [2.75, 3.05) is 5.32 Å². The van der Waals surface area contributed by atoms with Crippen LogP contribution in [0.2, 0.25) is 5.02 Å². The number of hydrogen-bond donors (Lipinski definition) is 2. The summed E-state index contributed by atoms with van der Waals surface area (Å²) in [6, 6.07) is 15.3. The zero-order valence-electron chi connectivity index (χ0n) is 20.0. The van der Waals surface area contributed by atoms with Crippen LogP contribution in [0.5, 0.6) is 11.6 Å². The number of rotatable bonds is 9. The van der Waals surface area contributed by atoms with Crippen LogP contribution in [-0.2, 0) is 17.9 Å².